The molecule has 0 aliphatic heterocycles. The summed E-state index contributed by atoms with van der Waals surface area (Å²) in [4.78, 5) is 13.2. The second-order valence-corrected chi connectivity index (χ2v) is 8.17. The molecule has 0 saturated carbocycles. The molecular formula is C19H15BrClNO2S. The summed E-state index contributed by atoms with van der Waals surface area (Å²) in [7, 11) is 0. The van der Waals surface area contributed by atoms with Crippen LogP contribution in [0.4, 0.5) is 10.5 Å². The summed E-state index contributed by atoms with van der Waals surface area (Å²) in [5.41, 5.74) is 3.71. The molecule has 0 atom stereocenters. The number of anilines is 1. The molecule has 0 aliphatic rings. The second-order valence-electron chi connectivity index (χ2n) is 5.40. The van der Waals surface area contributed by atoms with Crippen molar-refractivity contribution in [1.29, 1.82) is 0 Å². The molecule has 3 nitrogen and oxygen atoms in total. The summed E-state index contributed by atoms with van der Waals surface area (Å²) in [6, 6.07) is 17.2. The molecule has 0 saturated heterocycles. The summed E-state index contributed by atoms with van der Waals surface area (Å²) >= 11 is 11.0. The predicted octanol–water partition coefficient (Wildman–Crippen LogP) is 6.89. The zero-order valence-electron chi connectivity index (χ0n) is 13.4. The lowest BCUT2D eigenvalue weighted by Crippen LogP contribution is -2.14. The van der Waals surface area contributed by atoms with E-state index in [4.69, 9.17) is 16.3 Å². The van der Waals surface area contributed by atoms with Crippen LogP contribution in [0.3, 0.4) is 0 Å². The molecule has 6 heteroatoms. The minimum absolute atomic E-state index is 0.234. The number of hydrogen-bond acceptors (Lipinski definition) is 3. The van der Waals surface area contributed by atoms with Crippen LogP contribution in [0.5, 0.6) is 0 Å². The number of nitrogens with one attached hydrogen (secondary N) is 1. The fourth-order valence-corrected chi connectivity index (χ4v) is 4.36. The van der Waals surface area contributed by atoms with Crippen LogP contribution in [0, 0.1) is 6.92 Å². The Balaban J connectivity index is 1.72. The highest BCUT2D eigenvalue weighted by Crippen LogP contribution is 2.43. The maximum atomic E-state index is 12.1. The number of amides is 1. The molecular weight excluding hydrogens is 422 g/mol. The van der Waals surface area contributed by atoms with Crippen molar-refractivity contribution in [2.24, 2.45) is 0 Å². The molecule has 3 aromatic rings. The van der Waals surface area contributed by atoms with Gasteiger partial charge in [0.25, 0.3) is 0 Å². The Morgan fingerprint density at radius 2 is 1.84 bits per heavy atom. The van der Waals surface area contributed by atoms with Gasteiger partial charge in [-0.15, -0.1) is 11.3 Å². The Morgan fingerprint density at radius 3 is 2.52 bits per heavy atom. The Morgan fingerprint density at radius 1 is 1.16 bits per heavy atom. The number of ether oxygens (including phenoxy) is 1. The lowest BCUT2D eigenvalue weighted by atomic mass is 10.1. The first-order chi connectivity index (χ1) is 12.0. The van der Waals surface area contributed by atoms with Gasteiger partial charge in [-0.1, -0.05) is 54.1 Å². The van der Waals surface area contributed by atoms with Gasteiger partial charge >= 0.3 is 6.09 Å². The van der Waals surface area contributed by atoms with Crippen LogP contribution in [0.2, 0.25) is 5.02 Å². The van der Waals surface area contributed by atoms with Crippen molar-refractivity contribution < 1.29 is 9.53 Å². The van der Waals surface area contributed by atoms with Crippen LogP contribution < -0.4 is 5.32 Å². The normalized spacial score (nSPS) is 10.5. The summed E-state index contributed by atoms with van der Waals surface area (Å²) in [5.74, 6) is 0. The van der Waals surface area contributed by atoms with E-state index < -0.39 is 6.09 Å². The van der Waals surface area contributed by atoms with Crippen LogP contribution in [0.25, 0.3) is 10.4 Å². The fourth-order valence-electron chi connectivity index (χ4n) is 2.36. The average molecular weight is 437 g/mol. The SMILES string of the molecule is Cc1c(-c2ccc(Cl)cc2)sc(Br)c1NC(=O)OCc1ccccc1. The number of carbonyl (C=O) groups excluding carboxylic acids is 1. The van der Waals surface area contributed by atoms with Gasteiger partial charge in [0.15, 0.2) is 0 Å². The third kappa shape index (κ3) is 4.42. The van der Waals surface area contributed by atoms with E-state index in [1.165, 1.54) is 0 Å². The van der Waals surface area contributed by atoms with Crippen LogP contribution in [0.1, 0.15) is 11.1 Å². The van der Waals surface area contributed by atoms with E-state index in [-0.39, 0.29) is 6.61 Å². The van der Waals surface area contributed by atoms with Crippen molar-refractivity contribution >= 4 is 50.6 Å². The van der Waals surface area contributed by atoms with Crippen molar-refractivity contribution in [1.82, 2.24) is 0 Å². The highest BCUT2D eigenvalue weighted by Gasteiger charge is 2.17. The lowest BCUT2D eigenvalue weighted by molar-refractivity contribution is 0.155. The van der Waals surface area contributed by atoms with Gasteiger partial charge < -0.3 is 4.74 Å². The maximum Gasteiger partial charge on any atom is 0.412 e. The van der Waals surface area contributed by atoms with Gasteiger partial charge in [0.1, 0.15) is 6.61 Å². The molecule has 0 bridgehead atoms. The first-order valence-electron chi connectivity index (χ1n) is 7.57. The van der Waals surface area contributed by atoms with E-state index >= 15 is 0 Å². The fraction of sp³-hybridized carbons (Fsp3) is 0.105. The molecule has 0 unspecified atom stereocenters. The summed E-state index contributed by atoms with van der Waals surface area (Å²) < 4.78 is 6.14. The summed E-state index contributed by atoms with van der Waals surface area (Å²) in [5, 5.41) is 3.52. The van der Waals surface area contributed by atoms with E-state index in [1.807, 2.05) is 61.5 Å². The molecule has 1 N–H and O–H groups in total. The quantitative estimate of drug-likeness (QED) is 0.483. The highest BCUT2D eigenvalue weighted by molar-refractivity contribution is 9.11. The Kier molecular flexibility index (Phi) is 5.78. The van der Waals surface area contributed by atoms with Gasteiger partial charge in [0.05, 0.1) is 9.47 Å². The maximum absolute atomic E-state index is 12.1. The Labute approximate surface area is 163 Å². The van der Waals surface area contributed by atoms with Crippen LogP contribution >= 0.6 is 38.9 Å². The van der Waals surface area contributed by atoms with Gasteiger partial charge in [-0.2, -0.15) is 0 Å². The third-order valence-electron chi connectivity index (χ3n) is 3.65. The van der Waals surface area contributed by atoms with Gasteiger partial charge in [-0.25, -0.2) is 4.79 Å². The molecule has 3 rings (SSSR count). The standard InChI is InChI=1S/C19H15BrClNO2S/c1-12-16(22-19(23)24-11-13-5-3-2-4-6-13)18(20)25-17(12)14-7-9-15(21)10-8-14/h2-10H,11H2,1H3,(H,22,23). The van der Waals surface area contributed by atoms with Gasteiger partial charge in [0.2, 0.25) is 0 Å². The average Bonchev–Trinajstić information content (AvgIpc) is 2.90. The number of benzene rings is 2. The molecule has 128 valence electrons. The first-order valence-corrected chi connectivity index (χ1v) is 9.56. The molecule has 25 heavy (non-hydrogen) atoms. The molecule has 0 spiro atoms. The minimum atomic E-state index is -0.479. The van der Waals surface area contributed by atoms with Gasteiger partial charge in [-0.05, 0) is 51.7 Å². The van der Waals surface area contributed by atoms with Crippen LogP contribution in [-0.4, -0.2) is 6.09 Å². The lowest BCUT2D eigenvalue weighted by Gasteiger charge is -2.08. The third-order valence-corrected chi connectivity index (χ3v) is 5.91. The van der Waals surface area contributed by atoms with Crippen molar-refractivity contribution in [3.05, 3.63) is 74.5 Å². The predicted molar refractivity (Wildman–Crippen MR) is 107 cm³/mol. The van der Waals surface area contributed by atoms with E-state index in [1.54, 1.807) is 11.3 Å². The summed E-state index contributed by atoms with van der Waals surface area (Å²) in [6.45, 7) is 2.20. The molecule has 1 heterocycles. The zero-order chi connectivity index (χ0) is 17.8. The van der Waals surface area contributed by atoms with Crippen molar-refractivity contribution in [3.8, 4) is 10.4 Å². The smallest absolute Gasteiger partial charge is 0.412 e. The number of rotatable bonds is 4. The van der Waals surface area contributed by atoms with Gasteiger partial charge in [-0.3, -0.25) is 5.32 Å². The number of hydrogen-bond donors (Lipinski definition) is 1. The van der Waals surface area contributed by atoms with E-state index in [2.05, 4.69) is 21.2 Å². The first kappa shape index (κ1) is 18.0. The number of carbonyl (C=O) groups is 1. The monoisotopic (exact) mass is 435 g/mol. The summed E-state index contributed by atoms with van der Waals surface area (Å²) in [6.07, 6.45) is -0.479. The Hall–Kier alpha value is -1.82. The second kappa shape index (κ2) is 8.04. The van der Waals surface area contributed by atoms with E-state index in [0.29, 0.717) is 5.02 Å². The molecule has 1 aromatic heterocycles. The van der Waals surface area contributed by atoms with Crippen LogP contribution in [0.15, 0.2) is 58.4 Å². The molecule has 0 radical (unpaired) electrons. The van der Waals surface area contributed by atoms with E-state index in [0.717, 1.165) is 31.0 Å². The molecule has 0 aliphatic carbocycles. The van der Waals surface area contributed by atoms with E-state index in [9.17, 15) is 4.79 Å². The highest BCUT2D eigenvalue weighted by atomic mass is 79.9. The molecule has 0 fully saturated rings. The van der Waals surface area contributed by atoms with Crippen molar-refractivity contribution in [2.75, 3.05) is 5.32 Å². The topological polar surface area (TPSA) is 38.3 Å². The molecule has 2 aromatic carbocycles. The Bertz CT molecular complexity index is 878. The van der Waals surface area contributed by atoms with Crippen molar-refractivity contribution in [3.63, 3.8) is 0 Å². The number of thiophene rings is 1. The van der Waals surface area contributed by atoms with Crippen LogP contribution in [-0.2, 0) is 11.3 Å². The largest absolute Gasteiger partial charge is 0.444 e. The minimum Gasteiger partial charge on any atom is -0.444 e. The number of halogens is 2. The van der Waals surface area contributed by atoms with Gasteiger partial charge in [0, 0.05) is 9.90 Å². The zero-order valence-corrected chi connectivity index (χ0v) is 16.5. The molecule has 1 amide bonds. The van der Waals surface area contributed by atoms with Crippen molar-refractivity contribution in [2.45, 2.75) is 13.5 Å².